The largest absolute Gasteiger partial charge is 0.254 e. The Kier molecular flexibility index (Phi) is 9.71. The molecule has 0 atom stereocenters. The van der Waals surface area contributed by atoms with Gasteiger partial charge in [0.15, 0.2) is 34.9 Å². The normalized spacial score (nSPS) is 11.0. The van der Waals surface area contributed by atoms with Crippen molar-refractivity contribution in [2.45, 2.75) is 0 Å². The maximum Gasteiger partial charge on any atom is 0.182 e. The third-order valence-electron chi connectivity index (χ3n) is 9.86. The van der Waals surface area contributed by atoms with Crippen molar-refractivity contribution in [1.82, 2.24) is 44.9 Å². The first-order valence-corrected chi connectivity index (χ1v) is 19.5. The van der Waals surface area contributed by atoms with Crippen LogP contribution in [0.4, 0.5) is 0 Å². The minimum absolute atomic E-state index is 0.463. The van der Waals surface area contributed by atoms with Crippen LogP contribution in [0.2, 0.25) is 0 Å². The van der Waals surface area contributed by atoms with E-state index in [9.17, 15) is 0 Å². The van der Waals surface area contributed by atoms with E-state index < -0.39 is 0 Å². The summed E-state index contributed by atoms with van der Waals surface area (Å²) in [4.78, 5) is 44.5. The highest BCUT2D eigenvalue weighted by Crippen LogP contribution is 2.32. The summed E-state index contributed by atoms with van der Waals surface area (Å²) in [7, 11) is 0. The lowest BCUT2D eigenvalue weighted by molar-refractivity contribution is 1.06. The van der Waals surface area contributed by atoms with Crippen LogP contribution in [0.25, 0.3) is 102 Å². The fourth-order valence-electron chi connectivity index (χ4n) is 6.83. The Morgan fingerprint density at radius 1 is 0.200 bits per heavy atom. The van der Waals surface area contributed by atoms with Crippen LogP contribution >= 0.6 is 0 Å². The molecular weight excluding hydrogens is 739 g/mol. The van der Waals surface area contributed by atoms with Crippen LogP contribution in [0.1, 0.15) is 0 Å². The van der Waals surface area contributed by atoms with Crippen LogP contribution in [-0.4, -0.2) is 44.9 Å². The van der Waals surface area contributed by atoms with Gasteiger partial charge < -0.3 is 0 Å². The van der Waals surface area contributed by atoms with E-state index in [-0.39, 0.29) is 0 Å². The smallest absolute Gasteiger partial charge is 0.182 e. The molecule has 0 aliphatic rings. The Labute approximate surface area is 346 Å². The van der Waals surface area contributed by atoms with Gasteiger partial charge in [-0.1, -0.05) is 158 Å². The van der Waals surface area contributed by atoms with Crippen molar-refractivity contribution in [3.05, 3.63) is 200 Å². The Bertz CT molecular complexity index is 2940. The molecule has 0 saturated heterocycles. The van der Waals surface area contributed by atoms with Crippen molar-refractivity contribution in [3.8, 4) is 102 Å². The molecule has 60 heavy (non-hydrogen) atoms. The first-order chi connectivity index (χ1) is 29.7. The van der Waals surface area contributed by atoms with Gasteiger partial charge in [0.1, 0.15) is 5.69 Å². The van der Waals surface area contributed by atoms with E-state index in [4.69, 9.17) is 44.9 Å². The van der Waals surface area contributed by atoms with Crippen LogP contribution in [0.5, 0.6) is 0 Å². The zero-order valence-corrected chi connectivity index (χ0v) is 32.1. The van der Waals surface area contributed by atoms with Crippen LogP contribution in [0.3, 0.4) is 0 Å². The Morgan fingerprint density at radius 2 is 0.567 bits per heavy atom. The van der Waals surface area contributed by atoms with E-state index in [0.29, 0.717) is 63.4 Å². The molecule has 0 aliphatic carbocycles. The predicted octanol–water partition coefficient (Wildman–Crippen LogP) is 11.2. The van der Waals surface area contributed by atoms with Gasteiger partial charge in [-0.15, -0.1) is 0 Å². The van der Waals surface area contributed by atoms with E-state index in [0.717, 1.165) is 38.9 Å². The summed E-state index contributed by atoms with van der Waals surface area (Å²) in [5.74, 6) is 3.30. The monoisotopic (exact) mass is 771 g/mol. The van der Waals surface area contributed by atoms with Crippen molar-refractivity contribution in [2.24, 2.45) is 0 Å². The highest BCUT2D eigenvalue weighted by atomic mass is 15.1. The highest BCUT2D eigenvalue weighted by molar-refractivity contribution is 5.76. The van der Waals surface area contributed by atoms with Gasteiger partial charge in [0.25, 0.3) is 0 Å². The fourth-order valence-corrected chi connectivity index (χ4v) is 6.83. The maximum absolute atomic E-state index is 5.16. The quantitative estimate of drug-likeness (QED) is 0.141. The van der Waals surface area contributed by atoms with E-state index in [2.05, 4.69) is 24.3 Å². The summed E-state index contributed by atoms with van der Waals surface area (Å²) in [6, 6.07) is 63.8. The number of pyridine rings is 3. The van der Waals surface area contributed by atoms with Crippen molar-refractivity contribution >= 4 is 0 Å². The van der Waals surface area contributed by atoms with Crippen LogP contribution in [0.15, 0.2) is 200 Å². The van der Waals surface area contributed by atoms with Gasteiger partial charge in [0.2, 0.25) is 0 Å². The molecule has 282 valence electrons. The van der Waals surface area contributed by atoms with Crippen LogP contribution < -0.4 is 0 Å². The fraction of sp³-hybridized carbons (Fsp3) is 0. The third kappa shape index (κ3) is 7.66. The summed E-state index contributed by atoms with van der Waals surface area (Å²) in [6.07, 6.45) is 1.79. The number of rotatable bonds is 9. The molecule has 0 N–H and O–H groups in total. The molecule has 0 saturated carbocycles. The maximum atomic E-state index is 5.16. The third-order valence-corrected chi connectivity index (χ3v) is 9.86. The highest BCUT2D eigenvalue weighted by Gasteiger charge is 2.17. The molecule has 0 bridgehead atoms. The molecule has 0 radical (unpaired) electrons. The van der Waals surface area contributed by atoms with Gasteiger partial charge in [-0.05, 0) is 47.5 Å². The summed E-state index contributed by atoms with van der Waals surface area (Å²) in [6.45, 7) is 0. The van der Waals surface area contributed by atoms with Gasteiger partial charge >= 0.3 is 0 Å². The lowest BCUT2D eigenvalue weighted by Crippen LogP contribution is -2.02. The van der Waals surface area contributed by atoms with E-state index in [1.165, 1.54) is 0 Å². The van der Waals surface area contributed by atoms with Crippen LogP contribution in [0, 0.1) is 0 Å². The molecule has 10 aromatic rings. The van der Waals surface area contributed by atoms with Crippen molar-refractivity contribution in [3.63, 3.8) is 0 Å². The Hall–Kier alpha value is -8.43. The summed E-state index contributed by atoms with van der Waals surface area (Å²) in [5, 5.41) is 0. The van der Waals surface area contributed by atoms with E-state index in [1.54, 1.807) is 6.20 Å². The van der Waals surface area contributed by atoms with E-state index >= 15 is 0 Å². The minimum Gasteiger partial charge on any atom is -0.254 e. The molecule has 5 heterocycles. The second-order valence-electron chi connectivity index (χ2n) is 13.9. The average molecular weight is 772 g/mol. The standard InChI is InChI=1S/C51H33N9/c1-6-17-34(18-7-1)40-31-44(41-30-29-39(33-52-41)50-57-46(35-19-8-2-9-20-35)55-47(58-50)36-21-10-3-11-22-36)54-45(32-40)42-27-16-28-43(53-42)51-59-48(37-23-12-4-13-24-37)56-49(60-51)38-25-14-5-15-26-38/h1-33H. The molecule has 0 amide bonds. The SMILES string of the molecule is c1ccc(-c2cc(-c3ccc(-c4nc(-c5ccccc5)nc(-c5ccccc5)n4)cn3)nc(-c3cccc(-c4nc(-c5ccccc5)nc(-c5ccccc5)n4)n3)c2)cc1. The van der Waals surface area contributed by atoms with Gasteiger partial charge in [-0.25, -0.2) is 39.9 Å². The van der Waals surface area contributed by atoms with Gasteiger partial charge in [0.05, 0.1) is 22.8 Å². The topological polar surface area (TPSA) is 116 Å². The number of hydrogen-bond acceptors (Lipinski definition) is 9. The predicted molar refractivity (Wildman–Crippen MR) is 236 cm³/mol. The first-order valence-electron chi connectivity index (χ1n) is 19.5. The van der Waals surface area contributed by atoms with Crippen molar-refractivity contribution in [1.29, 1.82) is 0 Å². The molecule has 0 fully saturated rings. The number of benzene rings is 5. The van der Waals surface area contributed by atoms with E-state index in [1.807, 2.05) is 170 Å². The first kappa shape index (κ1) is 35.9. The second kappa shape index (κ2) is 16.2. The zero-order valence-electron chi connectivity index (χ0n) is 32.1. The lowest BCUT2D eigenvalue weighted by Gasteiger charge is -2.11. The molecule has 0 aliphatic heterocycles. The number of hydrogen-bond donors (Lipinski definition) is 0. The minimum atomic E-state index is 0.463. The summed E-state index contributed by atoms with van der Waals surface area (Å²) < 4.78 is 0. The average Bonchev–Trinajstić information content (AvgIpc) is 3.35. The molecule has 5 aromatic carbocycles. The Morgan fingerprint density at radius 3 is 1.00 bits per heavy atom. The molecule has 0 spiro atoms. The second-order valence-corrected chi connectivity index (χ2v) is 13.9. The van der Waals surface area contributed by atoms with Crippen LogP contribution in [-0.2, 0) is 0 Å². The zero-order chi connectivity index (χ0) is 40.1. The molecule has 0 unspecified atom stereocenters. The number of nitrogens with zero attached hydrogens (tertiary/aromatic N) is 9. The summed E-state index contributed by atoms with van der Waals surface area (Å²) in [5.41, 5.74) is 9.67. The molecule has 5 aromatic heterocycles. The van der Waals surface area contributed by atoms with Gasteiger partial charge in [-0.2, -0.15) is 0 Å². The molecule has 9 nitrogen and oxygen atoms in total. The molecule has 9 heteroatoms. The van der Waals surface area contributed by atoms with Crippen molar-refractivity contribution < 1.29 is 0 Å². The Balaban J connectivity index is 1.05. The van der Waals surface area contributed by atoms with Crippen molar-refractivity contribution in [2.75, 3.05) is 0 Å². The lowest BCUT2D eigenvalue weighted by atomic mass is 10.0. The van der Waals surface area contributed by atoms with Gasteiger partial charge in [-0.3, -0.25) is 4.98 Å². The summed E-state index contributed by atoms with van der Waals surface area (Å²) >= 11 is 0. The van der Waals surface area contributed by atoms with Gasteiger partial charge in [0, 0.05) is 34.0 Å². The molecular formula is C51H33N9. The number of aromatic nitrogens is 9. The molecule has 10 rings (SSSR count).